The van der Waals surface area contributed by atoms with Crippen LogP contribution in [-0.4, -0.2) is 66.8 Å². The average Bonchev–Trinajstić information content (AvgIpc) is 3.42. The number of likely N-dealkylation sites (tertiary alicyclic amines) is 1. The predicted molar refractivity (Wildman–Crippen MR) is 125 cm³/mol. The van der Waals surface area contributed by atoms with Crippen LogP contribution in [-0.2, 0) is 25.4 Å². The minimum Gasteiger partial charge on any atom is -0.444 e. The molecule has 0 unspecified atom stereocenters. The maximum absolute atomic E-state index is 13.7. The lowest BCUT2D eigenvalue weighted by atomic mass is 9.80. The van der Waals surface area contributed by atoms with Crippen LogP contribution in [0.3, 0.4) is 0 Å². The number of hydrogen-bond donors (Lipinski definition) is 1. The summed E-state index contributed by atoms with van der Waals surface area (Å²) < 4.78 is 30.7. The van der Waals surface area contributed by atoms with Gasteiger partial charge in [0.2, 0.25) is 5.91 Å². The van der Waals surface area contributed by atoms with Crippen LogP contribution < -0.4 is 5.32 Å². The van der Waals surface area contributed by atoms with Crippen molar-refractivity contribution in [3.63, 3.8) is 0 Å². The van der Waals surface area contributed by atoms with E-state index in [-0.39, 0.29) is 18.2 Å². The Morgan fingerprint density at radius 1 is 1.15 bits per heavy atom. The van der Waals surface area contributed by atoms with Crippen LogP contribution in [0.1, 0.15) is 69.9 Å². The highest BCUT2D eigenvalue weighted by Gasteiger charge is 2.40. The van der Waals surface area contributed by atoms with Crippen LogP contribution in [0, 0.1) is 0 Å². The summed E-state index contributed by atoms with van der Waals surface area (Å²) in [6.45, 7) is 7.11. The van der Waals surface area contributed by atoms with Gasteiger partial charge in [-0.1, -0.05) is 24.3 Å². The SMILES string of the molecule is CC(C)(C)OC(=O)N[C@@H](Cc1ccc(C2CCC3(CC2)OCCO3)cc1)C(=O)N1CC[C@H](F)C1. The third kappa shape index (κ3) is 6.27. The fraction of sp³-hybridized carbons (Fsp3) is 0.692. The molecule has 2 aliphatic heterocycles. The number of alkyl carbamates (subject to hydrolysis) is 1. The molecule has 0 radical (unpaired) electrons. The molecule has 1 spiro atoms. The number of alkyl halides is 1. The van der Waals surface area contributed by atoms with Crippen molar-refractivity contribution in [2.75, 3.05) is 26.3 Å². The third-order valence-electron chi connectivity index (χ3n) is 6.88. The second-order valence-corrected chi connectivity index (χ2v) is 10.7. The lowest BCUT2D eigenvalue weighted by Gasteiger charge is -2.35. The summed E-state index contributed by atoms with van der Waals surface area (Å²) >= 11 is 0. The van der Waals surface area contributed by atoms with Gasteiger partial charge < -0.3 is 24.4 Å². The summed E-state index contributed by atoms with van der Waals surface area (Å²) in [6, 6.07) is 7.44. The number of benzene rings is 1. The first-order valence-corrected chi connectivity index (χ1v) is 12.4. The number of amides is 2. The Morgan fingerprint density at radius 3 is 2.35 bits per heavy atom. The van der Waals surface area contributed by atoms with Gasteiger partial charge in [0.1, 0.15) is 17.8 Å². The molecule has 2 amide bonds. The third-order valence-corrected chi connectivity index (χ3v) is 6.88. The molecule has 3 fully saturated rings. The number of ether oxygens (including phenoxy) is 3. The molecule has 1 aliphatic carbocycles. The second kappa shape index (κ2) is 10.2. The predicted octanol–water partition coefficient (Wildman–Crippen LogP) is 4.09. The molecule has 2 heterocycles. The van der Waals surface area contributed by atoms with E-state index in [0.29, 0.717) is 38.5 Å². The fourth-order valence-corrected chi connectivity index (χ4v) is 5.13. The molecule has 0 bridgehead atoms. The maximum atomic E-state index is 13.7. The summed E-state index contributed by atoms with van der Waals surface area (Å²) in [6.07, 6.45) is 2.83. The molecule has 7 nitrogen and oxygen atoms in total. The smallest absolute Gasteiger partial charge is 0.408 e. The van der Waals surface area contributed by atoms with Crippen LogP contribution in [0.4, 0.5) is 9.18 Å². The van der Waals surface area contributed by atoms with Crippen molar-refractivity contribution < 1.29 is 28.2 Å². The molecular weight excluding hydrogens is 439 g/mol. The summed E-state index contributed by atoms with van der Waals surface area (Å²) in [5, 5.41) is 2.72. The molecule has 188 valence electrons. The van der Waals surface area contributed by atoms with Gasteiger partial charge >= 0.3 is 6.09 Å². The molecule has 8 heteroatoms. The normalized spacial score (nSPS) is 23.8. The van der Waals surface area contributed by atoms with Gasteiger partial charge in [0, 0.05) is 25.8 Å². The summed E-state index contributed by atoms with van der Waals surface area (Å²) in [4.78, 5) is 27.0. The minimum atomic E-state index is -1.01. The van der Waals surface area contributed by atoms with Crippen LogP contribution in [0.25, 0.3) is 0 Å². The zero-order valence-corrected chi connectivity index (χ0v) is 20.5. The van der Waals surface area contributed by atoms with E-state index in [1.54, 1.807) is 20.8 Å². The molecule has 1 aromatic carbocycles. The van der Waals surface area contributed by atoms with Gasteiger partial charge in [0.25, 0.3) is 0 Å². The Hall–Kier alpha value is -2.19. The highest BCUT2D eigenvalue weighted by molar-refractivity contribution is 5.86. The first-order chi connectivity index (χ1) is 16.1. The van der Waals surface area contributed by atoms with Gasteiger partial charge in [-0.05, 0) is 57.1 Å². The molecule has 4 rings (SSSR count). The van der Waals surface area contributed by atoms with Crippen molar-refractivity contribution in [3.05, 3.63) is 35.4 Å². The number of carbonyl (C=O) groups excluding carboxylic acids is 2. The number of hydrogen-bond acceptors (Lipinski definition) is 5. The van der Waals surface area contributed by atoms with E-state index in [9.17, 15) is 14.0 Å². The van der Waals surface area contributed by atoms with Crippen LogP contribution in [0.2, 0.25) is 0 Å². The molecule has 34 heavy (non-hydrogen) atoms. The Bertz CT molecular complexity index is 853. The molecule has 2 atom stereocenters. The molecule has 2 saturated heterocycles. The Morgan fingerprint density at radius 2 is 1.79 bits per heavy atom. The quantitative estimate of drug-likeness (QED) is 0.693. The minimum absolute atomic E-state index is 0.0703. The van der Waals surface area contributed by atoms with E-state index in [4.69, 9.17) is 14.2 Å². The standard InChI is InChI=1S/C26H37FN2O5/c1-25(2,3)34-24(31)28-22(23(30)29-13-10-21(27)17-29)16-18-4-6-19(7-5-18)20-8-11-26(12-9-20)32-14-15-33-26/h4-7,20-22H,8-17H2,1-3H3,(H,28,31)/t21-,22-/m0/s1. The molecule has 3 aliphatic rings. The number of rotatable bonds is 5. The second-order valence-electron chi connectivity index (χ2n) is 10.7. The van der Waals surface area contributed by atoms with Gasteiger partial charge in [-0.15, -0.1) is 0 Å². The summed E-state index contributed by atoms with van der Waals surface area (Å²) in [5.74, 6) is -0.189. The fourth-order valence-electron chi connectivity index (χ4n) is 5.13. The van der Waals surface area contributed by atoms with Gasteiger partial charge in [0.05, 0.1) is 19.8 Å². The monoisotopic (exact) mass is 476 g/mol. The van der Waals surface area contributed by atoms with Crippen LogP contribution in [0.5, 0.6) is 0 Å². The van der Waals surface area contributed by atoms with Crippen molar-refractivity contribution in [1.82, 2.24) is 10.2 Å². The zero-order valence-electron chi connectivity index (χ0n) is 20.5. The lowest BCUT2D eigenvalue weighted by Crippen LogP contribution is -2.50. The van der Waals surface area contributed by atoms with Gasteiger partial charge in [-0.2, -0.15) is 0 Å². The molecule has 1 saturated carbocycles. The van der Waals surface area contributed by atoms with Crippen molar-refractivity contribution in [3.8, 4) is 0 Å². The Labute approximate surface area is 201 Å². The largest absolute Gasteiger partial charge is 0.444 e. The Balaban J connectivity index is 1.40. The average molecular weight is 477 g/mol. The highest BCUT2D eigenvalue weighted by atomic mass is 19.1. The van der Waals surface area contributed by atoms with E-state index < -0.39 is 23.9 Å². The molecule has 0 aromatic heterocycles. The highest BCUT2D eigenvalue weighted by Crippen LogP contribution is 2.42. The molecule has 1 aromatic rings. The zero-order chi connectivity index (χ0) is 24.3. The number of nitrogens with zero attached hydrogens (tertiary/aromatic N) is 1. The van der Waals surface area contributed by atoms with E-state index in [0.717, 1.165) is 31.2 Å². The van der Waals surface area contributed by atoms with Gasteiger partial charge in [-0.3, -0.25) is 4.79 Å². The van der Waals surface area contributed by atoms with Gasteiger partial charge in [0.15, 0.2) is 5.79 Å². The maximum Gasteiger partial charge on any atom is 0.408 e. The topological polar surface area (TPSA) is 77.1 Å². The first kappa shape index (κ1) is 24.9. The van der Waals surface area contributed by atoms with E-state index in [1.807, 2.05) is 12.1 Å². The summed E-state index contributed by atoms with van der Waals surface area (Å²) in [7, 11) is 0. The van der Waals surface area contributed by atoms with Crippen molar-refractivity contribution in [2.24, 2.45) is 0 Å². The van der Waals surface area contributed by atoms with Crippen molar-refractivity contribution >= 4 is 12.0 Å². The van der Waals surface area contributed by atoms with E-state index in [1.165, 1.54) is 10.5 Å². The lowest BCUT2D eigenvalue weighted by molar-refractivity contribution is -0.178. The van der Waals surface area contributed by atoms with Gasteiger partial charge in [-0.25, -0.2) is 9.18 Å². The number of halogens is 1. The van der Waals surface area contributed by atoms with Crippen LogP contribution >= 0.6 is 0 Å². The van der Waals surface area contributed by atoms with Crippen molar-refractivity contribution in [1.29, 1.82) is 0 Å². The van der Waals surface area contributed by atoms with E-state index in [2.05, 4.69) is 17.4 Å². The van der Waals surface area contributed by atoms with E-state index >= 15 is 0 Å². The van der Waals surface area contributed by atoms with Crippen molar-refractivity contribution in [2.45, 2.75) is 88.8 Å². The number of carbonyl (C=O) groups is 2. The number of nitrogens with one attached hydrogen (secondary N) is 1. The van der Waals surface area contributed by atoms with Crippen LogP contribution in [0.15, 0.2) is 24.3 Å². The first-order valence-electron chi connectivity index (χ1n) is 12.4. The Kier molecular flexibility index (Phi) is 7.48. The summed E-state index contributed by atoms with van der Waals surface area (Å²) in [5.41, 5.74) is 1.52. The molecule has 1 N–H and O–H groups in total. The molecular formula is C26H37FN2O5.